The Morgan fingerprint density at radius 1 is 1.32 bits per heavy atom. The molecule has 22 heavy (non-hydrogen) atoms. The summed E-state index contributed by atoms with van der Waals surface area (Å²) in [6.45, 7) is 6.55. The summed E-state index contributed by atoms with van der Waals surface area (Å²) >= 11 is 0. The van der Waals surface area contributed by atoms with Gasteiger partial charge in [0.2, 0.25) is 0 Å². The molecule has 0 atom stereocenters. The molecule has 0 saturated carbocycles. The Hall–Kier alpha value is -2.14. The number of rotatable bonds is 6. The van der Waals surface area contributed by atoms with Crippen molar-refractivity contribution >= 4 is 5.91 Å². The minimum absolute atomic E-state index is 0.119. The van der Waals surface area contributed by atoms with Crippen LogP contribution in [-0.4, -0.2) is 33.9 Å². The van der Waals surface area contributed by atoms with Crippen molar-refractivity contribution in [2.24, 2.45) is 5.41 Å². The average molecular weight is 301 g/mol. The topological polar surface area (TPSA) is 67.2 Å². The lowest BCUT2D eigenvalue weighted by molar-refractivity contribution is 0.0927. The summed E-state index contributed by atoms with van der Waals surface area (Å²) in [6, 6.07) is 9.72. The maximum Gasteiger partial charge on any atom is 0.254 e. The molecule has 5 nitrogen and oxygen atoms in total. The number of hydrogen-bond donors (Lipinski definition) is 2. The monoisotopic (exact) mass is 301 g/mol. The number of hydrogen-bond acceptors (Lipinski definition) is 3. The predicted molar refractivity (Wildman–Crippen MR) is 86.1 cm³/mol. The lowest BCUT2D eigenvalue weighted by Gasteiger charge is -2.23. The number of nitrogens with one attached hydrogen (secondary N) is 1. The molecule has 0 aliphatic heterocycles. The van der Waals surface area contributed by atoms with Crippen LogP contribution >= 0.6 is 0 Å². The molecule has 0 spiro atoms. The van der Waals surface area contributed by atoms with Crippen LogP contribution in [0.25, 0.3) is 5.69 Å². The fourth-order valence-corrected chi connectivity index (χ4v) is 2.27. The lowest BCUT2D eigenvalue weighted by atomic mass is 9.89. The van der Waals surface area contributed by atoms with Gasteiger partial charge in [0.1, 0.15) is 0 Å². The van der Waals surface area contributed by atoms with E-state index in [0.717, 1.165) is 11.4 Å². The van der Waals surface area contributed by atoms with Crippen LogP contribution in [0.2, 0.25) is 0 Å². The fourth-order valence-electron chi connectivity index (χ4n) is 2.27. The second kappa shape index (κ2) is 6.75. The highest BCUT2D eigenvalue weighted by atomic mass is 16.3. The number of carbonyl (C=O) groups is 1. The van der Waals surface area contributed by atoms with Crippen molar-refractivity contribution in [1.29, 1.82) is 0 Å². The molecule has 2 N–H and O–H groups in total. The highest BCUT2D eigenvalue weighted by Crippen LogP contribution is 2.19. The van der Waals surface area contributed by atoms with Crippen molar-refractivity contribution in [1.82, 2.24) is 15.1 Å². The molecule has 0 bridgehead atoms. The van der Waals surface area contributed by atoms with Crippen LogP contribution in [0, 0.1) is 12.3 Å². The maximum absolute atomic E-state index is 12.3. The van der Waals surface area contributed by atoms with Crippen LogP contribution < -0.4 is 5.32 Å². The van der Waals surface area contributed by atoms with Gasteiger partial charge in [0.05, 0.1) is 23.1 Å². The number of aliphatic hydroxyl groups excluding tert-OH is 1. The normalized spacial score (nSPS) is 11.5. The summed E-state index contributed by atoms with van der Waals surface area (Å²) < 4.78 is 1.76. The first-order valence-electron chi connectivity index (χ1n) is 7.44. The van der Waals surface area contributed by atoms with Gasteiger partial charge in [-0.2, -0.15) is 5.10 Å². The fraction of sp³-hybridized carbons (Fsp3) is 0.412. The first-order chi connectivity index (χ1) is 10.4. The van der Waals surface area contributed by atoms with Crippen molar-refractivity contribution in [3.63, 3.8) is 0 Å². The Labute approximate surface area is 131 Å². The molecule has 0 unspecified atom stereocenters. The highest BCUT2D eigenvalue weighted by Gasteiger charge is 2.20. The van der Waals surface area contributed by atoms with Crippen LogP contribution in [-0.2, 0) is 0 Å². The van der Waals surface area contributed by atoms with Gasteiger partial charge >= 0.3 is 0 Å². The Bertz CT molecular complexity index is 633. The first-order valence-corrected chi connectivity index (χ1v) is 7.44. The molecular weight excluding hydrogens is 278 g/mol. The van der Waals surface area contributed by atoms with Gasteiger partial charge in [0.25, 0.3) is 5.91 Å². The first kappa shape index (κ1) is 16.2. The van der Waals surface area contributed by atoms with E-state index in [9.17, 15) is 4.79 Å². The van der Waals surface area contributed by atoms with E-state index < -0.39 is 0 Å². The average Bonchev–Trinajstić information content (AvgIpc) is 2.87. The van der Waals surface area contributed by atoms with Crippen molar-refractivity contribution in [2.75, 3.05) is 13.2 Å². The summed E-state index contributed by atoms with van der Waals surface area (Å²) in [6.07, 6.45) is 2.24. The number of benzene rings is 1. The SMILES string of the molecule is Cc1c(C(=O)NCC(C)(C)CCO)cnn1-c1ccccc1. The summed E-state index contributed by atoms with van der Waals surface area (Å²) in [5, 5.41) is 16.3. The van der Waals surface area contributed by atoms with E-state index in [0.29, 0.717) is 18.5 Å². The molecule has 1 aromatic carbocycles. The van der Waals surface area contributed by atoms with E-state index in [1.807, 2.05) is 51.1 Å². The van der Waals surface area contributed by atoms with Gasteiger partial charge in [-0.25, -0.2) is 4.68 Å². The number of para-hydroxylation sites is 1. The van der Waals surface area contributed by atoms with Crippen molar-refractivity contribution in [2.45, 2.75) is 27.2 Å². The Balaban J connectivity index is 2.10. The molecule has 0 radical (unpaired) electrons. The lowest BCUT2D eigenvalue weighted by Crippen LogP contribution is -2.34. The summed E-state index contributed by atoms with van der Waals surface area (Å²) in [5.41, 5.74) is 2.18. The van der Waals surface area contributed by atoms with E-state index >= 15 is 0 Å². The van der Waals surface area contributed by atoms with E-state index in [1.165, 1.54) is 0 Å². The number of amides is 1. The third-order valence-electron chi connectivity index (χ3n) is 3.77. The number of carbonyl (C=O) groups excluding carboxylic acids is 1. The maximum atomic E-state index is 12.3. The van der Waals surface area contributed by atoms with E-state index in [1.54, 1.807) is 10.9 Å². The summed E-state index contributed by atoms with van der Waals surface area (Å²) in [4.78, 5) is 12.3. The summed E-state index contributed by atoms with van der Waals surface area (Å²) in [5.74, 6) is -0.134. The number of aliphatic hydroxyl groups is 1. The second-order valence-electron chi connectivity index (χ2n) is 6.21. The second-order valence-corrected chi connectivity index (χ2v) is 6.21. The molecule has 0 saturated heterocycles. The molecule has 0 aliphatic carbocycles. The molecule has 0 aliphatic rings. The van der Waals surface area contributed by atoms with E-state index in [4.69, 9.17) is 5.11 Å². The minimum Gasteiger partial charge on any atom is -0.396 e. The third kappa shape index (κ3) is 3.74. The largest absolute Gasteiger partial charge is 0.396 e. The van der Waals surface area contributed by atoms with Crippen LogP contribution in [0.15, 0.2) is 36.5 Å². The zero-order chi connectivity index (χ0) is 16.2. The van der Waals surface area contributed by atoms with E-state index in [-0.39, 0.29) is 17.9 Å². The van der Waals surface area contributed by atoms with Crippen molar-refractivity contribution < 1.29 is 9.90 Å². The van der Waals surface area contributed by atoms with Crippen molar-refractivity contribution in [3.05, 3.63) is 47.8 Å². The molecule has 118 valence electrons. The van der Waals surface area contributed by atoms with Gasteiger partial charge in [-0.3, -0.25) is 4.79 Å². The Kier molecular flexibility index (Phi) is 4.98. The minimum atomic E-state index is -0.134. The summed E-state index contributed by atoms with van der Waals surface area (Å²) in [7, 11) is 0. The number of nitrogens with zero attached hydrogens (tertiary/aromatic N) is 2. The van der Waals surface area contributed by atoms with Gasteiger partial charge in [-0.05, 0) is 30.9 Å². The van der Waals surface area contributed by atoms with Crippen LogP contribution in [0.3, 0.4) is 0 Å². The highest BCUT2D eigenvalue weighted by molar-refractivity contribution is 5.95. The third-order valence-corrected chi connectivity index (χ3v) is 3.77. The Morgan fingerprint density at radius 2 is 2.00 bits per heavy atom. The molecule has 2 rings (SSSR count). The molecule has 1 heterocycles. The predicted octanol–water partition coefficient (Wildman–Crippen LogP) is 2.32. The van der Waals surface area contributed by atoms with Gasteiger partial charge in [-0.1, -0.05) is 32.0 Å². The molecule has 2 aromatic rings. The molecule has 1 aromatic heterocycles. The van der Waals surface area contributed by atoms with Crippen LogP contribution in [0.5, 0.6) is 0 Å². The quantitative estimate of drug-likeness (QED) is 0.860. The molecule has 1 amide bonds. The zero-order valence-corrected chi connectivity index (χ0v) is 13.3. The van der Waals surface area contributed by atoms with Gasteiger partial charge in [0, 0.05) is 13.2 Å². The smallest absolute Gasteiger partial charge is 0.254 e. The van der Waals surface area contributed by atoms with Crippen LogP contribution in [0.4, 0.5) is 0 Å². The number of aromatic nitrogens is 2. The Morgan fingerprint density at radius 3 is 2.64 bits per heavy atom. The molecular formula is C17H23N3O2. The standard InChI is InChI=1S/C17H23N3O2/c1-13-15(16(22)18-12-17(2,3)9-10-21)11-19-20(13)14-7-5-4-6-8-14/h4-8,11,21H,9-10,12H2,1-3H3,(H,18,22). The van der Waals surface area contributed by atoms with Gasteiger partial charge in [-0.15, -0.1) is 0 Å². The van der Waals surface area contributed by atoms with Crippen LogP contribution in [0.1, 0.15) is 36.3 Å². The molecule has 5 heteroatoms. The van der Waals surface area contributed by atoms with Gasteiger partial charge < -0.3 is 10.4 Å². The van der Waals surface area contributed by atoms with Crippen molar-refractivity contribution in [3.8, 4) is 5.69 Å². The van der Waals surface area contributed by atoms with E-state index in [2.05, 4.69) is 10.4 Å². The zero-order valence-electron chi connectivity index (χ0n) is 13.3. The molecule has 0 fully saturated rings. The van der Waals surface area contributed by atoms with Gasteiger partial charge in [0.15, 0.2) is 0 Å².